The standard InChI is InChI=1S/C16H14N2OS/c1-10-17-15-14(12-8-5-9-13(12)20-15)16(19)18(10)11-6-3-2-4-7-11/h2-4,6-7H,5,8-9H2,1H3. The molecule has 2 aromatic heterocycles. The summed E-state index contributed by atoms with van der Waals surface area (Å²) in [5.74, 6) is 0.758. The summed E-state index contributed by atoms with van der Waals surface area (Å²) < 4.78 is 1.73. The highest BCUT2D eigenvalue weighted by Gasteiger charge is 2.22. The molecule has 2 heterocycles. The van der Waals surface area contributed by atoms with Gasteiger partial charge in [0.2, 0.25) is 0 Å². The lowest BCUT2D eigenvalue weighted by molar-refractivity contribution is 0.889. The zero-order valence-corrected chi connectivity index (χ0v) is 12.0. The molecule has 0 atom stereocenters. The van der Waals surface area contributed by atoms with Gasteiger partial charge in [-0.25, -0.2) is 4.98 Å². The summed E-state index contributed by atoms with van der Waals surface area (Å²) in [7, 11) is 0. The van der Waals surface area contributed by atoms with E-state index in [1.807, 2.05) is 37.3 Å². The molecule has 0 saturated heterocycles. The zero-order valence-electron chi connectivity index (χ0n) is 11.2. The molecule has 0 N–H and O–H groups in total. The van der Waals surface area contributed by atoms with Crippen LogP contribution in [0.3, 0.4) is 0 Å². The van der Waals surface area contributed by atoms with Crippen molar-refractivity contribution in [3.8, 4) is 5.69 Å². The van der Waals surface area contributed by atoms with Crippen molar-refractivity contribution < 1.29 is 0 Å². The Morgan fingerprint density at radius 2 is 2.00 bits per heavy atom. The van der Waals surface area contributed by atoms with Crippen LogP contribution >= 0.6 is 11.3 Å². The van der Waals surface area contributed by atoms with E-state index in [2.05, 4.69) is 4.98 Å². The molecule has 4 heteroatoms. The molecule has 4 rings (SSSR count). The molecule has 0 aliphatic heterocycles. The molecule has 0 saturated carbocycles. The van der Waals surface area contributed by atoms with Gasteiger partial charge in [0.15, 0.2) is 0 Å². The van der Waals surface area contributed by atoms with Crippen LogP contribution in [-0.2, 0) is 12.8 Å². The van der Waals surface area contributed by atoms with Crippen molar-refractivity contribution in [3.63, 3.8) is 0 Å². The van der Waals surface area contributed by atoms with Crippen LogP contribution in [0.5, 0.6) is 0 Å². The normalized spacial score (nSPS) is 13.8. The van der Waals surface area contributed by atoms with E-state index in [0.717, 1.165) is 41.0 Å². The highest BCUT2D eigenvalue weighted by Crippen LogP contribution is 2.34. The monoisotopic (exact) mass is 282 g/mol. The highest BCUT2D eigenvalue weighted by atomic mass is 32.1. The van der Waals surface area contributed by atoms with Gasteiger partial charge in [0, 0.05) is 4.88 Å². The summed E-state index contributed by atoms with van der Waals surface area (Å²) in [6.45, 7) is 1.90. The molecular weight excluding hydrogens is 268 g/mol. The Hall–Kier alpha value is -1.94. The van der Waals surface area contributed by atoms with Gasteiger partial charge in [-0.3, -0.25) is 9.36 Å². The van der Waals surface area contributed by atoms with Crippen LogP contribution in [0.25, 0.3) is 15.9 Å². The smallest absolute Gasteiger partial charge is 0.267 e. The second-order valence-corrected chi connectivity index (χ2v) is 6.26. The molecule has 20 heavy (non-hydrogen) atoms. The maximum absolute atomic E-state index is 12.9. The number of rotatable bonds is 1. The number of hydrogen-bond acceptors (Lipinski definition) is 3. The van der Waals surface area contributed by atoms with Gasteiger partial charge in [-0.2, -0.15) is 0 Å². The fourth-order valence-corrected chi connectivity index (χ4v) is 4.32. The predicted octanol–water partition coefficient (Wildman–Crippen LogP) is 3.24. The second kappa shape index (κ2) is 4.28. The first-order valence-electron chi connectivity index (χ1n) is 6.85. The summed E-state index contributed by atoms with van der Waals surface area (Å²) in [6, 6.07) is 9.76. The number of fused-ring (bicyclic) bond motifs is 3. The number of para-hydroxylation sites is 1. The first-order chi connectivity index (χ1) is 9.75. The Morgan fingerprint density at radius 1 is 1.20 bits per heavy atom. The summed E-state index contributed by atoms with van der Waals surface area (Å²) in [6.07, 6.45) is 3.28. The van der Waals surface area contributed by atoms with E-state index in [-0.39, 0.29) is 5.56 Å². The average molecular weight is 282 g/mol. The largest absolute Gasteiger partial charge is 0.268 e. The minimum atomic E-state index is 0.0816. The van der Waals surface area contributed by atoms with Gasteiger partial charge >= 0.3 is 0 Å². The maximum Gasteiger partial charge on any atom is 0.267 e. The van der Waals surface area contributed by atoms with E-state index in [0.29, 0.717) is 0 Å². The highest BCUT2D eigenvalue weighted by molar-refractivity contribution is 7.18. The van der Waals surface area contributed by atoms with Crippen LogP contribution in [-0.4, -0.2) is 9.55 Å². The van der Waals surface area contributed by atoms with Crippen LogP contribution in [0.4, 0.5) is 0 Å². The second-order valence-electron chi connectivity index (χ2n) is 5.17. The minimum absolute atomic E-state index is 0.0816. The fourth-order valence-electron chi connectivity index (χ4n) is 3.03. The third-order valence-electron chi connectivity index (χ3n) is 3.92. The summed E-state index contributed by atoms with van der Waals surface area (Å²) in [5, 5.41) is 0.844. The van der Waals surface area contributed by atoms with E-state index < -0.39 is 0 Å². The SMILES string of the molecule is Cc1nc2sc3c(c2c(=O)n1-c1ccccc1)CCC3. The van der Waals surface area contributed by atoms with Crippen molar-refractivity contribution in [2.75, 3.05) is 0 Å². The summed E-state index contributed by atoms with van der Waals surface area (Å²) >= 11 is 1.69. The third-order valence-corrected chi connectivity index (χ3v) is 5.11. The molecule has 0 bridgehead atoms. The average Bonchev–Trinajstić information content (AvgIpc) is 2.99. The van der Waals surface area contributed by atoms with Gasteiger partial charge in [-0.15, -0.1) is 11.3 Å². The van der Waals surface area contributed by atoms with Crippen molar-refractivity contribution in [1.82, 2.24) is 9.55 Å². The zero-order chi connectivity index (χ0) is 13.7. The number of aryl methyl sites for hydroxylation is 3. The van der Waals surface area contributed by atoms with Crippen molar-refractivity contribution in [2.45, 2.75) is 26.2 Å². The topological polar surface area (TPSA) is 34.9 Å². The first kappa shape index (κ1) is 11.9. The lowest BCUT2D eigenvalue weighted by Crippen LogP contribution is -2.22. The number of hydrogen-bond donors (Lipinski definition) is 0. The summed E-state index contributed by atoms with van der Waals surface area (Å²) in [4.78, 5) is 19.8. The number of thiophene rings is 1. The Morgan fingerprint density at radius 3 is 2.80 bits per heavy atom. The quantitative estimate of drug-likeness (QED) is 0.686. The number of nitrogens with zero attached hydrogens (tertiary/aromatic N) is 2. The van der Waals surface area contributed by atoms with E-state index >= 15 is 0 Å². The molecule has 1 aliphatic rings. The molecule has 0 spiro atoms. The lowest BCUT2D eigenvalue weighted by atomic mass is 10.2. The van der Waals surface area contributed by atoms with Gasteiger partial charge < -0.3 is 0 Å². The Bertz CT molecular complexity index is 862. The molecule has 3 aromatic rings. The van der Waals surface area contributed by atoms with Gasteiger partial charge in [-0.05, 0) is 43.9 Å². The van der Waals surface area contributed by atoms with Crippen LogP contribution in [0.1, 0.15) is 22.7 Å². The first-order valence-corrected chi connectivity index (χ1v) is 7.66. The molecule has 0 radical (unpaired) electrons. The third kappa shape index (κ3) is 1.58. The van der Waals surface area contributed by atoms with Crippen molar-refractivity contribution >= 4 is 21.6 Å². The molecule has 1 aliphatic carbocycles. The van der Waals surface area contributed by atoms with Gasteiger partial charge in [-0.1, -0.05) is 18.2 Å². The molecule has 0 amide bonds. The van der Waals surface area contributed by atoms with E-state index in [9.17, 15) is 4.79 Å². The van der Waals surface area contributed by atoms with Gasteiger partial charge in [0.1, 0.15) is 10.7 Å². The van der Waals surface area contributed by atoms with E-state index in [4.69, 9.17) is 0 Å². The molecule has 1 aromatic carbocycles. The van der Waals surface area contributed by atoms with Gasteiger partial charge in [0.25, 0.3) is 5.56 Å². The molecule has 0 fully saturated rings. The van der Waals surface area contributed by atoms with Crippen LogP contribution in [0.15, 0.2) is 35.1 Å². The molecular formula is C16H14N2OS. The van der Waals surface area contributed by atoms with Crippen molar-refractivity contribution in [1.29, 1.82) is 0 Å². The van der Waals surface area contributed by atoms with Crippen molar-refractivity contribution in [2.24, 2.45) is 0 Å². The lowest BCUT2D eigenvalue weighted by Gasteiger charge is -2.09. The van der Waals surface area contributed by atoms with E-state index in [1.165, 1.54) is 10.4 Å². The summed E-state index contributed by atoms with van der Waals surface area (Å²) in [5.41, 5.74) is 2.22. The fraction of sp³-hybridized carbons (Fsp3) is 0.250. The molecule has 3 nitrogen and oxygen atoms in total. The van der Waals surface area contributed by atoms with Crippen molar-refractivity contribution in [3.05, 3.63) is 57.0 Å². The van der Waals surface area contributed by atoms with E-state index in [1.54, 1.807) is 15.9 Å². The maximum atomic E-state index is 12.9. The van der Waals surface area contributed by atoms with Crippen LogP contribution < -0.4 is 5.56 Å². The molecule has 100 valence electrons. The minimum Gasteiger partial charge on any atom is -0.268 e. The van der Waals surface area contributed by atoms with Crippen LogP contribution in [0.2, 0.25) is 0 Å². The predicted molar refractivity (Wildman–Crippen MR) is 82.0 cm³/mol. The molecule has 0 unspecified atom stereocenters. The number of aromatic nitrogens is 2. The Kier molecular flexibility index (Phi) is 2.54. The van der Waals surface area contributed by atoms with Crippen LogP contribution in [0, 0.1) is 6.92 Å². The Labute approximate surface area is 120 Å². The number of benzene rings is 1. The van der Waals surface area contributed by atoms with Gasteiger partial charge in [0.05, 0.1) is 11.1 Å². The Balaban J connectivity index is 2.10.